The highest BCUT2D eigenvalue weighted by atomic mass is 32.2. The molecular weight excluding hydrogens is 443 g/mol. The maximum atomic E-state index is 13.1. The standard InChI is InChI=1S/C22H28F3N3O3S/c1-5-27(6-2)19-12-10-17(11-13-19)15-26-21(29)16(3)28(32(4,30)31)20-9-7-8-18(14-20)22(23,24)25/h7-14,16H,5-6,15H2,1-4H3,(H,26,29)/t16-/m0/s1. The summed E-state index contributed by atoms with van der Waals surface area (Å²) in [5.74, 6) is -0.624. The van der Waals surface area contributed by atoms with E-state index >= 15 is 0 Å². The lowest BCUT2D eigenvalue weighted by atomic mass is 10.1. The lowest BCUT2D eigenvalue weighted by Gasteiger charge is -2.28. The van der Waals surface area contributed by atoms with E-state index in [1.807, 2.05) is 24.3 Å². The van der Waals surface area contributed by atoms with Crippen molar-refractivity contribution in [2.24, 2.45) is 0 Å². The molecule has 0 spiro atoms. The summed E-state index contributed by atoms with van der Waals surface area (Å²) in [5, 5.41) is 2.66. The van der Waals surface area contributed by atoms with Crippen LogP contribution in [0.1, 0.15) is 31.9 Å². The first kappa shape index (κ1) is 25.5. The number of rotatable bonds is 9. The minimum atomic E-state index is -4.64. The van der Waals surface area contributed by atoms with Crippen molar-refractivity contribution in [3.63, 3.8) is 0 Å². The van der Waals surface area contributed by atoms with Crippen LogP contribution in [0.5, 0.6) is 0 Å². The number of benzene rings is 2. The van der Waals surface area contributed by atoms with Crippen LogP contribution in [-0.2, 0) is 27.5 Å². The van der Waals surface area contributed by atoms with Gasteiger partial charge in [-0.3, -0.25) is 9.10 Å². The monoisotopic (exact) mass is 471 g/mol. The second kappa shape index (κ2) is 10.2. The Bertz CT molecular complexity index is 1020. The third kappa shape index (κ3) is 6.38. The van der Waals surface area contributed by atoms with Crippen LogP contribution < -0.4 is 14.5 Å². The average molecular weight is 472 g/mol. The quantitative estimate of drug-likeness (QED) is 0.600. The molecule has 0 saturated heterocycles. The van der Waals surface area contributed by atoms with Crippen LogP contribution in [-0.4, -0.2) is 39.7 Å². The lowest BCUT2D eigenvalue weighted by molar-refractivity contribution is -0.137. The molecule has 2 aromatic carbocycles. The smallest absolute Gasteiger partial charge is 0.372 e. The summed E-state index contributed by atoms with van der Waals surface area (Å²) in [6.07, 6.45) is -3.79. The van der Waals surface area contributed by atoms with Crippen molar-refractivity contribution in [2.45, 2.75) is 39.5 Å². The maximum Gasteiger partial charge on any atom is 0.416 e. The molecule has 0 aliphatic carbocycles. The molecule has 0 bridgehead atoms. The second-order valence-electron chi connectivity index (χ2n) is 7.34. The third-order valence-electron chi connectivity index (χ3n) is 5.05. The van der Waals surface area contributed by atoms with Gasteiger partial charge in [0.25, 0.3) is 0 Å². The van der Waals surface area contributed by atoms with E-state index < -0.39 is 33.7 Å². The number of sulfonamides is 1. The Morgan fingerprint density at radius 2 is 1.62 bits per heavy atom. The van der Waals surface area contributed by atoms with Gasteiger partial charge < -0.3 is 10.2 Å². The normalized spacial score (nSPS) is 12.8. The molecular formula is C22H28F3N3O3S. The number of hydrogen-bond donors (Lipinski definition) is 1. The van der Waals surface area contributed by atoms with Gasteiger partial charge in [-0.05, 0) is 56.7 Å². The number of anilines is 2. The van der Waals surface area contributed by atoms with Gasteiger partial charge in [0.2, 0.25) is 15.9 Å². The molecule has 0 unspecified atom stereocenters. The molecule has 32 heavy (non-hydrogen) atoms. The van der Waals surface area contributed by atoms with Crippen molar-refractivity contribution in [2.75, 3.05) is 28.6 Å². The maximum absolute atomic E-state index is 13.1. The number of nitrogens with one attached hydrogen (secondary N) is 1. The van der Waals surface area contributed by atoms with Crippen LogP contribution in [0, 0.1) is 0 Å². The van der Waals surface area contributed by atoms with Gasteiger partial charge in [-0.25, -0.2) is 8.42 Å². The van der Waals surface area contributed by atoms with E-state index in [1.54, 1.807) is 0 Å². The molecule has 0 radical (unpaired) electrons. The highest BCUT2D eigenvalue weighted by Crippen LogP contribution is 2.32. The Morgan fingerprint density at radius 3 is 2.12 bits per heavy atom. The fraction of sp³-hybridized carbons (Fsp3) is 0.409. The third-order valence-corrected chi connectivity index (χ3v) is 6.29. The van der Waals surface area contributed by atoms with Crippen LogP contribution in [0.4, 0.5) is 24.5 Å². The second-order valence-corrected chi connectivity index (χ2v) is 9.20. The fourth-order valence-corrected chi connectivity index (χ4v) is 4.55. The predicted octanol–water partition coefficient (Wildman–Crippen LogP) is 4.02. The van der Waals surface area contributed by atoms with Gasteiger partial charge in [0.05, 0.1) is 17.5 Å². The van der Waals surface area contributed by atoms with E-state index in [0.717, 1.165) is 48.8 Å². The van der Waals surface area contributed by atoms with Gasteiger partial charge in [0, 0.05) is 25.3 Å². The minimum Gasteiger partial charge on any atom is -0.372 e. The summed E-state index contributed by atoms with van der Waals surface area (Å²) in [5.41, 5.74) is 0.635. The number of carbonyl (C=O) groups is 1. The zero-order chi connectivity index (χ0) is 24.1. The molecule has 0 heterocycles. The van der Waals surface area contributed by atoms with Crippen LogP contribution in [0.3, 0.4) is 0 Å². The van der Waals surface area contributed by atoms with Gasteiger partial charge in [-0.1, -0.05) is 18.2 Å². The minimum absolute atomic E-state index is 0.155. The van der Waals surface area contributed by atoms with Crippen LogP contribution >= 0.6 is 0 Å². The molecule has 1 atom stereocenters. The topological polar surface area (TPSA) is 69.7 Å². The number of amides is 1. The molecule has 1 amide bonds. The summed E-state index contributed by atoms with van der Waals surface area (Å²) in [6.45, 7) is 7.32. The Morgan fingerprint density at radius 1 is 1.03 bits per heavy atom. The summed E-state index contributed by atoms with van der Waals surface area (Å²) in [6, 6.07) is 10.2. The first-order chi connectivity index (χ1) is 14.9. The van der Waals surface area contributed by atoms with Crippen LogP contribution in [0.25, 0.3) is 0 Å². The van der Waals surface area contributed by atoms with Crippen molar-refractivity contribution < 1.29 is 26.4 Å². The largest absolute Gasteiger partial charge is 0.416 e. The van der Waals surface area contributed by atoms with Crippen molar-refractivity contribution in [1.29, 1.82) is 0 Å². The number of alkyl halides is 3. The van der Waals surface area contributed by atoms with E-state index in [9.17, 15) is 26.4 Å². The molecule has 2 rings (SSSR count). The SMILES string of the molecule is CCN(CC)c1ccc(CNC(=O)[C@H](C)N(c2cccc(C(F)(F)F)c2)S(C)(=O)=O)cc1. The Labute approximate surface area is 187 Å². The Balaban J connectivity index is 2.18. The molecule has 0 aliphatic rings. The molecule has 1 N–H and O–H groups in total. The van der Waals surface area contributed by atoms with Crippen molar-refractivity contribution in [1.82, 2.24) is 5.32 Å². The van der Waals surface area contributed by atoms with E-state index in [2.05, 4.69) is 24.1 Å². The molecule has 0 aliphatic heterocycles. The van der Waals surface area contributed by atoms with Gasteiger partial charge >= 0.3 is 6.18 Å². The Hall–Kier alpha value is -2.75. The predicted molar refractivity (Wildman–Crippen MR) is 120 cm³/mol. The first-order valence-corrected chi connectivity index (χ1v) is 12.0. The summed E-state index contributed by atoms with van der Waals surface area (Å²) < 4.78 is 64.6. The molecule has 0 fully saturated rings. The number of nitrogens with zero attached hydrogens (tertiary/aromatic N) is 2. The Kier molecular flexibility index (Phi) is 8.17. The van der Waals surface area contributed by atoms with Crippen LogP contribution in [0.2, 0.25) is 0 Å². The number of hydrogen-bond acceptors (Lipinski definition) is 4. The molecule has 0 saturated carbocycles. The van der Waals surface area contributed by atoms with E-state index in [4.69, 9.17) is 0 Å². The molecule has 10 heteroatoms. The van der Waals surface area contributed by atoms with Crippen molar-refractivity contribution in [3.05, 3.63) is 59.7 Å². The number of carbonyl (C=O) groups excluding carboxylic acids is 1. The average Bonchev–Trinajstić information content (AvgIpc) is 2.72. The van der Waals surface area contributed by atoms with Gasteiger partial charge in [0.15, 0.2) is 0 Å². The van der Waals surface area contributed by atoms with Crippen molar-refractivity contribution in [3.8, 4) is 0 Å². The van der Waals surface area contributed by atoms with Gasteiger partial charge in [-0.15, -0.1) is 0 Å². The first-order valence-electron chi connectivity index (χ1n) is 10.2. The molecule has 6 nitrogen and oxygen atoms in total. The van der Waals surface area contributed by atoms with E-state index in [1.165, 1.54) is 13.0 Å². The summed E-state index contributed by atoms with van der Waals surface area (Å²) in [7, 11) is -4.03. The van der Waals surface area contributed by atoms with E-state index in [0.29, 0.717) is 4.31 Å². The molecule has 2 aromatic rings. The zero-order valence-corrected chi connectivity index (χ0v) is 19.3. The summed E-state index contributed by atoms with van der Waals surface area (Å²) in [4.78, 5) is 14.8. The molecule has 176 valence electrons. The highest BCUT2D eigenvalue weighted by Gasteiger charge is 2.34. The van der Waals surface area contributed by atoms with Crippen molar-refractivity contribution >= 4 is 27.3 Å². The fourth-order valence-electron chi connectivity index (χ4n) is 3.38. The van der Waals surface area contributed by atoms with Gasteiger partial charge in [-0.2, -0.15) is 13.2 Å². The van der Waals surface area contributed by atoms with Crippen LogP contribution in [0.15, 0.2) is 48.5 Å². The van der Waals surface area contributed by atoms with Gasteiger partial charge in [0.1, 0.15) is 6.04 Å². The molecule has 0 aromatic heterocycles. The number of halogens is 3. The lowest BCUT2D eigenvalue weighted by Crippen LogP contribution is -2.47. The highest BCUT2D eigenvalue weighted by molar-refractivity contribution is 7.92. The summed E-state index contributed by atoms with van der Waals surface area (Å²) >= 11 is 0. The van der Waals surface area contributed by atoms with E-state index in [-0.39, 0.29) is 12.2 Å². The zero-order valence-electron chi connectivity index (χ0n) is 18.5.